The van der Waals surface area contributed by atoms with Crippen LogP contribution in [0.15, 0.2) is 0 Å². The first-order valence-corrected chi connectivity index (χ1v) is 6.81. The van der Waals surface area contributed by atoms with Gasteiger partial charge in [-0.2, -0.15) is 0 Å². The highest BCUT2D eigenvalue weighted by molar-refractivity contribution is 6.09. The lowest BCUT2D eigenvalue weighted by Gasteiger charge is -2.39. The number of hydrogen-bond donors (Lipinski definition) is 0. The van der Waals surface area contributed by atoms with Gasteiger partial charge in [0.05, 0.1) is 5.41 Å². The highest BCUT2D eigenvalue weighted by Crippen LogP contribution is 2.44. The van der Waals surface area contributed by atoms with Gasteiger partial charge in [0.2, 0.25) is 0 Å². The molecule has 2 heteroatoms. The van der Waals surface area contributed by atoms with E-state index in [0.29, 0.717) is 0 Å². The number of carbonyl (C=O) groups is 2. The van der Waals surface area contributed by atoms with Crippen LogP contribution in [0.5, 0.6) is 0 Å². The third kappa shape index (κ3) is 2.78. The number of ketones is 2. The molecule has 0 heterocycles. The van der Waals surface area contributed by atoms with Crippen molar-refractivity contribution in [3.63, 3.8) is 0 Å². The van der Waals surface area contributed by atoms with Gasteiger partial charge < -0.3 is 0 Å². The Hall–Kier alpha value is -0.660. The Morgan fingerprint density at radius 1 is 1.00 bits per heavy atom. The zero-order chi connectivity index (χ0) is 13.3. The fraction of sp³-hybridized carbons (Fsp3) is 0.867. The van der Waals surface area contributed by atoms with Crippen molar-refractivity contribution in [2.75, 3.05) is 0 Å². The molecule has 0 spiro atoms. The zero-order valence-electron chi connectivity index (χ0n) is 11.9. The van der Waals surface area contributed by atoms with Crippen molar-refractivity contribution in [1.82, 2.24) is 0 Å². The molecule has 0 radical (unpaired) electrons. The van der Waals surface area contributed by atoms with Crippen molar-refractivity contribution in [3.05, 3.63) is 0 Å². The molecule has 0 aromatic carbocycles. The Kier molecular flexibility index (Phi) is 4.16. The predicted octanol–water partition coefficient (Wildman–Crippen LogP) is 3.78. The minimum atomic E-state index is -0.676. The first kappa shape index (κ1) is 14.4. The lowest BCUT2D eigenvalue weighted by Crippen LogP contribution is -2.48. The molecule has 0 saturated heterocycles. The smallest absolute Gasteiger partial charge is 0.151 e. The summed E-state index contributed by atoms with van der Waals surface area (Å²) in [5.41, 5.74) is -1.09. The lowest BCUT2D eigenvalue weighted by atomic mass is 9.61. The molecule has 0 unspecified atom stereocenters. The Morgan fingerprint density at radius 2 is 1.47 bits per heavy atom. The monoisotopic (exact) mass is 238 g/mol. The molecule has 2 nitrogen and oxygen atoms in total. The second-order valence-corrected chi connectivity index (χ2v) is 6.74. The van der Waals surface area contributed by atoms with E-state index in [-0.39, 0.29) is 17.5 Å². The van der Waals surface area contributed by atoms with E-state index < -0.39 is 10.8 Å². The Bertz CT molecular complexity index is 301. The summed E-state index contributed by atoms with van der Waals surface area (Å²) in [5.74, 6) is 0.278. The molecule has 1 rings (SSSR count). The van der Waals surface area contributed by atoms with E-state index in [1.165, 1.54) is 0 Å². The minimum Gasteiger partial charge on any atom is -0.298 e. The molecular weight excluding hydrogens is 212 g/mol. The quantitative estimate of drug-likeness (QED) is 0.701. The summed E-state index contributed by atoms with van der Waals surface area (Å²) in [6.07, 6.45) is 4.71. The molecular formula is C15H26O2. The molecule has 98 valence electrons. The van der Waals surface area contributed by atoms with E-state index >= 15 is 0 Å². The summed E-state index contributed by atoms with van der Waals surface area (Å²) < 4.78 is 0. The summed E-state index contributed by atoms with van der Waals surface area (Å²) in [5, 5.41) is 0. The van der Waals surface area contributed by atoms with Crippen LogP contribution < -0.4 is 0 Å². The normalized spacial score (nSPS) is 20.4. The standard InChI is InChI=1S/C15H26O2/c1-11(2)12(16)15(9-7-6-8-10-15)13(17)14(3,4)5/h11H,6-10H2,1-5H3. The van der Waals surface area contributed by atoms with Crippen LogP contribution in [0.1, 0.15) is 66.7 Å². The van der Waals surface area contributed by atoms with Crippen LogP contribution in [-0.4, -0.2) is 11.6 Å². The topological polar surface area (TPSA) is 34.1 Å². The number of hydrogen-bond acceptors (Lipinski definition) is 2. The van der Waals surface area contributed by atoms with Gasteiger partial charge in [0.1, 0.15) is 5.78 Å². The molecule has 17 heavy (non-hydrogen) atoms. The van der Waals surface area contributed by atoms with Crippen molar-refractivity contribution in [2.45, 2.75) is 66.7 Å². The molecule has 0 N–H and O–H groups in total. The Labute approximate surface area is 105 Å². The van der Waals surface area contributed by atoms with Crippen molar-refractivity contribution in [1.29, 1.82) is 0 Å². The van der Waals surface area contributed by atoms with Crippen LogP contribution in [0.2, 0.25) is 0 Å². The van der Waals surface area contributed by atoms with Crippen molar-refractivity contribution in [3.8, 4) is 0 Å². The number of carbonyl (C=O) groups excluding carboxylic acids is 2. The maximum Gasteiger partial charge on any atom is 0.151 e. The SMILES string of the molecule is CC(C)C(=O)C1(C(=O)C(C)(C)C)CCCCC1. The van der Waals surface area contributed by atoms with Gasteiger partial charge in [-0.15, -0.1) is 0 Å². The van der Waals surface area contributed by atoms with Crippen LogP contribution in [-0.2, 0) is 9.59 Å². The summed E-state index contributed by atoms with van der Waals surface area (Å²) >= 11 is 0. The molecule has 1 aliphatic carbocycles. The third-order valence-electron chi connectivity index (χ3n) is 3.82. The van der Waals surface area contributed by atoms with Crippen LogP contribution in [0.3, 0.4) is 0 Å². The second-order valence-electron chi connectivity index (χ2n) is 6.74. The number of Topliss-reactive ketones (excluding diaryl/α,β-unsaturated/α-hetero) is 2. The minimum absolute atomic E-state index is 0.0422. The van der Waals surface area contributed by atoms with E-state index in [1.807, 2.05) is 34.6 Å². The third-order valence-corrected chi connectivity index (χ3v) is 3.82. The molecule has 1 aliphatic rings. The van der Waals surface area contributed by atoms with E-state index in [4.69, 9.17) is 0 Å². The fourth-order valence-corrected chi connectivity index (χ4v) is 3.01. The first-order valence-electron chi connectivity index (χ1n) is 6.81. The molecule has 1 saturated carbocycles. The Morgan fingerprint density at radius 3 is 1.82 bits per heavy atom. The first-order chi connectivity index (χ1) is 7.72. The molecule has 0 aliphatic heterocycles. The second kappa shape index (κ2) is 4.91. The van der Waals surface area contributed by atoms with Crippen molar-refractivity contribution < 1.29 is 9.59 Å². The summed E-state index contributed by atoms with van der Waals surface area (Å²) in [6, 6.07) is 0. The zero-order valence-corrected chi connectivity index (χ0v) is 11.9. The summed E-state index contributed by atoms with van der Waals surface area (Å²) in [4.78, 5) is 25.2. The molecule has 0 bridgehead atoms. The van der Waals surface area contributed by atoms with E-state index in [9.17, 15) is 9.59 Å². The highest BCUT2D eigenvalue weighted by Gasteiger charge is 2.49. The van der Waals surface area contributed by atoms with Crippen LogP contribution in [0, 0.1) is 16.7 Å². The largest absolute Gasteiger partial charge is 0.298 e. The number of rotatable bonds is 3. The average molecular weight is 238 g/mol. The Balaban J connectivity index is 3.10. The van der Waals surface area contributed by atoms with Crippen LogP contribution >= 0.6 is 0 Å². The highest BCUT2D eigenvalue weighted by atomic mass is 16.2. The summed E-state index contributed by atoms with van der Waals surface area (Å²) in [6.45, 7) is 9.61. The maximum absolute atomic E-state index is 12.7. The molecule has 1 fully saturated rings. The van der Waals surface area contributed by atoms with Crippen LogP contribution in [0.25, 0.3) is 0 Å². The van der Waals surface area contributed by atoms with Gasteiger partial charge in [-0.25, -0.2) is 0 Å². The molecule has 0 aromatic rings. The van der Waals surface area contributed by atoms with Gasteiger partial charge in [0, 0.05) is 11.3 Å². The lowest BCUT2D eigenvalue weighted by molar-refractivity contribution is -0.150. The van der Waals surface area contributed by atoms with Crippen molar-refractivity contribution in [2.24, 2.45) is 16.7 Å². The summed E-state index contributed by atoms with van der Waals surface area (Å²) in [7, 11) is 0. The van der Waals surface area contributed by atoms with Gasteiger partial charge in [-0.05, 0) is 12.8 Å². The molecule has 0 aromatic heterocycles. The molecule has 0 amide bonds. The molecule has 0 atom stereocenters. The van der Waals surface area contributed by atoms with Crippen LogP contribution in [0.4, 0.5) is 0 Å². The van der Waals surface area contributed by atoms with Gasteiger partial charge >= 0.3 is 0 Å². The van der Waals surface area contributed by atoms with E-state index in [0.717, 1.165) is 32.1 Å². The fourth-order valence-electron chi connectivity index (χ4n) is 3.01. The van der Waals surface area contributed by atoms with Gasteiger partial charge in [0.25, 0.3) is 0 Å². The van der Waals surface area contributed by atoms with E-state index in [2.05, 4.69) is 0 Å². The van der Waals surface area contributed by atoms with E-state index in [1.54, 1.807) is 0 Å². The van der Waals surface area contributed by atoms with Gasteiger partial charge in [-0.1, -0.05) is 53.9 Å². The van der Waals surface area contributed by atoms with Gasteiger partial charge in [0.15, 0.2) is 5.78 Å². The predicted molar refractivity (Wildman–Crippen MR) is 69.8 cm³/mol. The van der Waals surface area contributed by atoms with Crippen molar-refractivity contribution >= 4 is 11.6 Å². The average Bonchev–Trinajstić information content (AvgIpc) is 2.26. The maximum atomic E-state index is 12.7. The van der Waals surface area contributed by atoms with Gasteiger partial charge in [-0.3, -0.25) is 9.59 Å².